The molecule has 1 atom stereocenters. The van der Waals surface area contributed by atoms with Gasteiger partial charge < -0.3 is 10.1 Å². The van der Waals surface area contributed by atoms with Crippen LogP contribution in [0.2, 0.25) is 0 Å². The minimum Gasteiger partial charge on any atom is -0.487 e. The zero-order valence-corrected chi connectivity index (χ0v) is 22.6. The lowest BCUT2D eigenvalue weighted by Gasteiger charge is -2.38. The third-order valence-electron chi connectivity index (χ3n) is 6.56. The van der Waals surface area contributed by atoms with Crippen molar-refractivity contribution in [3.63, 3.8) is 0 Å². The second-order valence-corrected chi connectivity index (χ2v) is 12.2. The molecule has 7 heteroatoms. The van der Waals surface area contributed by atoms with Crippen molar-refractivity contribution in [2.45, 2.75) is 59.2 Å². The molecule has 4 rings (SSSR count). The minimum absolute atomic E-state index is 0.165. The van der Waals surface area contributed by atoms with E-state index in [2.05, 4.69) is 5.32 Å². The molecule has 0 fully saturated rings. The van der Waals surface area contributed by atoms with Crippen LogP contribution < -0.4 is 14.4 Å². The van der Waals surface area contributed by atoms with Gasteiger partial charge in [-0.2, -0.15) is 0 Å². The van der Waals surface area contributed by atoms with E-state index in [0.29, 0.717) is 17.7 Å². The highest BCUT2D eigenvalue weighted by molar-refractivity contribution is 7.92. The van der Waals surface area contributed by atoms with E-state index in [-0.39, 0.29) is 18.5 Å². The second kappa shape index (κ2) is 9.62. The number of ether oxygens (including phenoxy) is 1. The van der Waals surface area contributed by atoms with Gasteiger partial charge in [0.15, 0.2) is 0 Å². The average Bonchev–Trinajstić information content (AvgIpc) is 2.77. The molecule has 3 aromatic rings. The summed E-state index contributed by atoms with van der Waals surface area (Å²) in [4.78, 5) is 13.1. The Hall–Kier alpha value is -3.32. The van der Waals surface area contributed by atoms with E-state index in [1.165, 1.54) is 10.6 Å². The second-order valence-electron chi connectivity index (χ2n) is 10.3. The maximum absolute atomic E-state index is 13.1. The summed E-state index contributed by atoms with van der Waals surface area (Å²) in [6.45, 7) is 10.1. The van der Waals surface area contributed by atoms with Crippen molar-refractivity contribution in [1.82, 2.24) is 5.32 Å². The number of sulfonamides is 1. The molecule has 3 aromatic carbocycles. The number of hydrogen-bond acceptors (Lipinski definition) is 4. The zero-order chi connectivity index (χ0) is 26.3. The fourth-order valence-electron chi connectivity index (χ4n) is 4.82. The van der Waals surface area contributed by atoms with Crippen LogP contribution in [0.15, 0.2) is 60.7 Å². The van der Waals surface area contributed by atoms with Gasteiger partial charge in [0.1, 0.15) is 11.4 Å². The van der Waals surface area contributed by atoms with Crippen molar-refractivity contribution in [3.8, 4) is 5.75 Å². The quantitative estimate of drug-likeness (QED) is 0.472. The molecule has 190 valence electrons. The van der Waals surface area contributed by atoms with E-state index in [9.17, 15) is 13.2 Å². The van der Waals surface area contributed by atoms with Gasteiger partial charge in [-0.25, -0.2) is 8.42 Å². The monoisotopic (exact) mass is 506 g/mol. The number of rotatable bonds is 6. The molecule has 0 spiro atoms. The first-order chi connectivity index (χ1) is 16.8. The van der Waals surface area contributed by atoms with Crippen molar-refractivity contribution >= 4 is 21.6 Å². The van der Waals surface area contributed by atoms with Crippen LogP contribution in [0.1, 0.15) is 64.5 Å². The van der Waals surface area contributed by atoms with Gasteiger partial charge in [-0.3, -0.25) is 9.10 Å². The molecule has 0 bridgehead atoms. The Kier molecular flexibility index (Phi) is 6.88. The van der Waals surface area contributed by atoms with Crippen molar-refractivity contribution < 1.29 is 17.9 Å². The third-order valence-corrected chi connectivity index (χ3v) is 7.68. The summed E-state index contributed by atoms with van der Waals surface area (Å²) in [5.74, 6) is 0.629. The van der Waals surface area contributed by atoms with E-state index in [1.54, 1.807) is 12.1 Å². The molecular formula is C29H34N2O4S. The van der Waals surface area contributed by atoms with E-state index in [0.717, 1.165) is 33.6 Å². The first kappa shape index (κ1) is 25.8. The summed E-state index contributed by atoms with van der Waals surface area (Å²) in [5.41, 5.74) is 5.49. The number of anilines is 1. The highest BCUT2D eigenvalue weighted by atomic mass is 32.2. The number of fused-ring (bicyclic) bond motifs is 1. The highest BCUT2D eigenvalue weighted by Gasteiger charge is 2.34. The van der Waals surface area contributed by atoms with Gasteiger partial charge in [-0.05, 0) is 75.1 Å². The number of benzene rings is 3. The lowest BCUT2D eigenvalue weighted by Crippen LogP contribution is -2.41. The van der Waals surface area contributed by atoms with Crippen molar-refractivity contribution in [1.29, 1.82) is 0 Å². The topological polar surface area (TPSA) is 75.7 Å². The molecule has 6 nitrogen and oxygen atoms in total. The molecule has 0 saturated carbocycles. The zero-order valence-electron chi connectivity index (χ0n) is 21.8. The summed E-state index contributed by atoms with van der Waals surface area (Å²) < 4.78 is 32.9. The summed E-state index contributed by atoms with van der Waals surface area (Å²) in [7, 11) is -3.51. The lowest BCUT2D eigenvalue weighted by molar-refractivity contribution is 0.0619. The number of carbonyl (C=O) groups excluding carboxylic acids is 1. The smallest absolute Gasteiger partial charge is 0.251 e. The molecule has 1 amide bonds. The number of para-hydroxylation sites is 1. The molecule has 0 aliphatic carbocycles. The van der Waals surface area contributed by atoms with Crippen molar-refractivity contribution in [2.75, 3.05) is 10.6 Å². The van der Waals surface area contributed by atoms with Crippen LogP contribution in [-0.2, 0) is 16.6 Å². The molecule has 1 unspecified atom stereocenters. The summed E-state index contributed by atoms with van der Waals surface area (Å²) >= 11 is 0. The third kappa shape index (κ3) is 5.57. The fraction of sp³-hybridized carbons (Fsp3) is 0.345. The number of nitrogens with one attached hydrogen (secondary N) is 1. The van der Waals surface area contributed by atoms with Gasteiger partial charge in [0, 0.05) is 17.5 Å². The highest BCUT2D eigenvalue weighted by Crippen LogP contribution is 2.40. The standard InChI is InChI=1S/C29H34N2O4S/c1-19-10-15-24-25(17-29(4,5)35-26(24)16-19)30-28(32)23-13-11-22(12-14-23)18-31(36(6,33)34)27-20(2)8-7-9-21(27)3/h7-16,25H,17-18H2,1-6H3,(H,30,32). The van der Waals surface area contributed by atoms with Crippen molar-refractivity contribution in [3.05, 3.63) is 94.0 Å². The summed E-state index contributed by atoms with van der Waals surface area (Å²) in [6, 6.07) is 18.7. The molecule has 1 heterocycles. The van der Waals surface area contributed by atoms with Crippen LogP contribution in [0, 0.1) is 20.8 Å². The normalized spacial score (nSPS) is 16.6. The molecule has 0 radical (unpaired) electrons. The SMILES string of the molecule is Cc1ccc2c(c1)OC(C)(C)CC2NC(=O)c1ccc(CN(c2c(C)cccc2C)S(C)(=O)=O)cc1. The average molecular weight is 507 g/mol. The predicted molar refractivity (Wildman–Crippen MR) is 144 cm³/mol. The Morgan fingerprint density at radius 3 is 2.28 bits per heavy atom. The fourth-order valence-corrected chi connectivity index (χ4v) is 5.82. The lowest BCUT2D eigenvalue weighted by atomic mass is 9.89. The Labute approximate surface area is 214 Å². The molecule has 36 heavy (non-hydrogen) atoms. The first-order valence-electron chi connectivity index (χ1n) is 12.1. The maximum atomic E-state index is 13.1. The summed E-state index contributed by atoms with van der Waals surface area (Å²) in [5, 5.41) is 3.17. The molecule has 0 aromatic heterocycles. The Morgan fingerprint density at radius 1 is 1.03 bits per heavy atom. The molecular weight excluding hydrogens is 472 g/mol. The number of hydrogen-bond donors (Lipinski definition) is 1. The predicted octanol–water partition coefficient (Wildman–Crippen LogP) is 5.61. The Bertz CT molecular complexity index is 1380. The summed E-state index contributed by atoms with van der Waals surface area (Å²) in [6.07, 6.45) is 1.88. The Morgan fingerprint density at radius 2 is 1.67 bits per heavy atom. The van der Waals surface area contributed by atoms with Gasteiger partial charge in [-0.15, -0.1) is 0 Å². The molecule has 1 aliphatic rings. The van der Waals surface area contributed by atoms with Crippen LogP contribution in [0.25, 0.3) is 0 Å². The van der Waals surface area contributed by atoms with Crippen LogP contribution in [-0.4, -0.2) is 26.2 Å². The van der Waals surface area contributed by atoms with Crippen molar-refractivity contribution in [2.24, 2.45) is 0 Å². The number of aryl methyl sites for hydroxylation is 3. The van der Waals surface area contributed by atoms with Crippen LogP contribution in [0.3, 0.4) is 0 Å². The molecule has 1 N–H and O–H groups in total. The van der Waals surface area contributed by atoms with E-state index < -0.39 is 15.6 Å². The van der Waals surface area contributed by atoms with Gasteiger partial charge in [0.2, 0.25) is 10.0 Å². The maximum Gasteiger partial charge on any atom is 0.251 e. The van der Waals surface area contributed by atoms with Crippen LogP contribution >= 0.6 is 0 Å². The molecule has 0 saturated heterocycles. The van der Waals surface area contributed by atoms with Crippen LogP contribution in [0.5, 0.6) is 5.75 Å². The van der Waals surface area contributed by atoms with Crippen LogP contribution in [0.4, 0.5) is 5.69 Å². The van der Waals surface area contributed by atoms with E-state index in [1.807, 2.05) is 83.1 Å². The van der Waals surface area contributed by atoms with E-state index >= 15 is 0 Å². The van der Waals surface area contributed by atoms with Gasteiger partial charge >= 0.3 is 0 Å². The van der Waals surface area contributed by atoms with Gasteiger partial charge in [-0.1, -0.05) is 42.5 Å². The number of amides is 1. The largest absolute Gasteiger partial charge is 0.487 e. The van der Waals surface area contributed by atoms with E-state index in [4.69, 9.17) is 4.74 Å². The number of nitrogens with zero attached hydrogens (tertiary/aromatic N) is 1. The minimum atomic E-state index is -3.51. The van der Waals surface area contributed by atoms with Gasteiger partial charge in [0.05, 0.1) is 24.5 Å². The molecule has 1 aliphatic heterocycles. The first-order valence-corrected chi connectivity index (χ1v) is 13.9. The Balaban J connectivity index is 1.54. The number of carbonyl (C=O) groups is 1. The van der Waals surface area contributed by atoms with Gasteiger partial charge in [0.25, 0.3) is 5.91 Å².